The van der Waals surface area contributed by atoms with E-state index < -0.39 is 0 Å². The van der Waals surface area contributed by atoms with Crippen molar-refractivity contribution in [2.75, 3.05) is 14.2 Å². The summed E-state index contributed by atoms with van der Waals surface area (Å²) in [6.45, 7) is 4.17. The van der Waals surface area contributed by atoms with Crippen molar-refractivity contribution in [3.63, 3.8) is 0 Å². The van der Waals surface area contributed by atoms with E-state index in [-0.39, 0.29) is 6.04 Å². The summed E-state index contributed by atoms with van der Waals surface area (Å²) in [6, 6.07) is 4.29. The number of methoxy groups -OCH3 is 1. The quantitative estimate of drug-likeness (QED) is 0.920. The standard InChI is InChI=1S/C13H17N3OS/c1-8-5-6-10(13(17-4)9(8)2)12(14-3)11-7-15-16-18-11/h5-7,12,14H,1-4H3. The van der Waals surface area contributed by atoms with Gasteiger partial charge in [-0.25, -0.2) is 0 Å². The third-order valence-electron chi connectivity index (χ3n) is 3.17. The number of benzene rings is 1. The van der Waals surface area contributed by atoms with Gasteiger partial charge in [-0.2, -0.15) is 0 Å². The van der Waals surface area contributed by atoms with Crippen LogP contribution < -0.4 is 10.1 Å². The molecule has 1 unspecified atom stereocenters. The number of hydrogen-bond acceptors (Lipinski definition) is 5. The van der Waals surface area contributed by atoms with Gasteiger partial charge in [0.2, 0.25) is 0 Å². The van der Waals surface area contributed by atoms with E-state index in [1.165, 1.54) is 22.7 Å². The first-order valence-corrected chi connectivity index (χ1v) is 6.55. The fourth-order valence-electron chi connectivity index (χ4n) is 2.06. The third-order valence-corrected chi connectivity index (χ3v) is 3.90. The topological polar surface area (TPSA) is 47.0 Å². The lowest BCUT2D eigenvalue weighted by Gasteiger charge is -2.20. The van der Waals surface area contributed by atoms with E-state index in [4.69, 9.17) is 4.74 Å². The summed E-state index contributed by atoms with van der Waals surface area (Å²) in [4.78, 5) is 1.08. The van der Waals surface area contributed by atoms with Gasteiger partial charge in [0.05, 0.1) is 24.2 Å². The fraction of sp³-hybridized carbons (Fsp3) is 0.385. The minimum Gasteiger partial charge on any atom is -0.496 e. The van der Waals surface area contributed by atoms with Crippen molar-refractivity contribution in [1.82, 2.24) is 14.9 Å². The first kappa shape index (κ1) is 13.0. The van der Waals surface area contributed by atoms with E-state index in [1.54, 1.807) is 13.3 Å². The zero-order valence-electron chi connectivity index (χ0n) is 11.0. The Morgan fingerprint density at radius 2 is 2.11 bits per heavy atom. The molecular weight excluding hydrogens is 246 g/mol. The summed E-state index contributed by atoms with van der Waals surface area (Å²) in [7, 11) is 3.64. The summed E-state index contributed by atoms with van der Waals surface area (Å²) in [5, 5.41) is 7.19. The summed E-state index contributed by atoms with van der Waals surface area (Å²) in [5.41, 5.74) is 3.52. The molecule has 0 aliphatic carbocycles. The average molecular weight is 263 g/mol. The van der Waals surface area contributed by atoms with Gasteiger partial charge in [-0.3, -0.25) is 0 Å². The Bertz CT molecular complexity index is 525. The number of aromatic nitrogens is 2. The van der Waals surface area contributed by atoms with Crippen LogP contribution in [0.15, 0.2) is 18.3 Å². The van der Waals surface area contributed by atoms with E-state index >= 15 is 0 Å². The predicted octanol–water partition coefficient (Wildman–Crippen LogP) is 2.47. The predicted molar refractivity (Wildman–Crippen MR) is 73.3 cm³/mol. The SMILES string of the molecule is CNC(c1cnns1)c1ccc(C)c(C)c1OC. The number of ether oxygens (including phenoxy) is 1. The molecule has 1 heterocycles. The van der Waals surface area contributed by atoms with Crippen LogP contribution in [0.5, 0.6) is 5.75 Å². The van der Waals surface area contributed by atoms with E-state index in [9.17, 15) is 0 Å². The average Bonchev–Trinajstić information content (AvgIpc) is 2.89. The largest absolute Gasteiger partial charge is 0.496 e. The highest BCUT2D eigenvalue weighted by Crippen LogP contribution is 2.34. The monoisotopic (exact) mass is 263 g/mol. The number of hydrogen-bond donors (Lipinski definition) is 1. The molecule has 2 rings (SSSR count). The van der Waals surface area contributed by atoms with E-state index in [0.29, 0.717) is 0 Å². The minimum absolute atomic E-state index is 0.0688. The lowest BCUT2D eigenvalue weighted by Crippen LogP contribution is -2.18. The number of aryl methyl sites for hydroxylation is 1. The highest BCUT2D eigenvalue weighted by molar-refractivity contribution is 7.05. The van der Waals surface area contributed by atoms with Crippen molar-refractivity contribution >= 4 is 11.5 Å². The molecule has 5 heteroatoms. The molecular formula is C13H17N3OS. The highest BCUT2D eigenvalue weighted by Gasteiger charge is 2.20. The molecule has 0 spiro atoms. The van der Waals surface area contributed by atoms with Crippen molar-refractivity contribution < 1.29 is 4.74 Å². The maximum Gasteiger partial charge on any atom is 0.127 e. The zero-order chi connectivity index (χ0) is 13.1. The summed E-state index contributed by atoms with van der Waals surface area (Å²) >= 11 is 1.40. The lowest BCUT2D eigenvalue weighted by atomic mass is 9.98. The Hall–Kier alpha value is -1.46. The summed E-state index contributed by atoms with van der Waals surface area (Å²) < 4.78 is 9.48. The molecule has 4 nitrogen and oxygen atoms in total. The van der Waals surface area contributed by atoms with Crippen LogP contribution in [0.25, 0.3) is 0 Å². The van der Waals surface area contributed by atoms with Gasteiger partial charge in [0, 0.05) is 5.56 Å². The second-order valence-corrected chi connectivity index (χ2v) is 4.99. The van der Waals surface area contributed by atoms with Crippen molar-refractivity contribution in [2.45, 2.75) is 19.9 Å². The van der Waals surface area contributed by atoms with E-state index in [2.05, 4.69) is 40.9 Å². The van der Waals surface area contributed by atoms with Gasteiger partial charge in [-0.15, -0.1) is 5.10 Å². The summed E-state index contributed by atoms with van der Waals surface area (Å²) in [5.74, 6) is 0.933. The molecule has 1 aromatic carbocycles. The fourth-order valence-corrected chi connectivity index (χ4v) is 2.70. The van der Waals surface area contributed by atoms with Crippen LogP contribution in [0.1, 0.15) is 27.6 Å². The van der Waals surface area contributed by atoms with Crippen LogP contribution in [0.3, 0.4) is 0 Å². The normalized spacial score (nSPS) is 12.4. The molecule has 0 saturated carbocycles. The molecule has 0 aliphatic heterocycles. The van der Waals surface area contributed by atoms with Crippen LogP contribution in [0.2, 0.25) is 0 Å². The van der Waals surface area contributed by atoms with Gasteiger partial charge in [0.15, 0.2) is 0 Å². The molecule has 2 aromatic rings. The lowest BCUT2D eigenvalue weighted by molar-refractivity contribution is 0.402. The van der Waals surface area contributed by atoms with Gasteiger partial charge in [0.1, 0.15) is 5.75 Å². The third kappa shape index (κ3) is 2.23. The van der Waals surface area contributed by atoms with Crippen LogP contribution >= 0.6 is 11.5 Å². The van der Waals surface area contributed by atoms with Crippen LogP contribution in [0.4, 0.5) is 0 Å². The van der Waals surface area contributed by atoms with Gasteiger partial charge in [-0.1, -0.05) is 16.6 Å². The molecule has 1 aromatic heterocycles. The van der Waals surface area contributed by atoms with Gasteiger partial charge in [0.25, 0.3) is 0 Å². The second kappa shape index (κ2) is 5.46. The number of rotatable bonds is 4. The highest BCUT2D eigenvalue weighted by atomic mass is 32.1. The van der Waals surface area contributed by atoms with Gasteiger partial charge in [-0.05, 0) is 43.6 Å². The van der Waals surface area contributed by atoms with E-state index in [1.807, 2.05) is 7.05 Å². The van der Waals surface area contributed by atoms with Crippen molar-refractivity contribution in [3.8, 4) is 5.75 Å². The maximum absolute atomic E-state index is 5.56. The molecule has 0 radical (unpaired) electrons. The van der Waals surface area contributed by atoms with Crippen LogP contribution in [-0.4, -0.2) is 23.7 Å². The van der Waals surface area contributed by atoms with Crippen LogP contribution in [0, 0.1) is 13.8 Å². The molecule has 0 bridgehead atoms. The van der Waals surface area contributed by atoms with Gasteiger partial charge >= 0.3 is 0 Å². The number of nitrogens with one attached hydrogen (secondary N) is 1. The maximum atomic E-state index is 5.56. The molecule has 96 valence electrons. The Morgan fingerprint density at radius 1 is 1.33 bits per heavy atom. The molecule has 1 N–H and O–H groups in total. The molecule has 0 saturated heterocycles. The molecule has 0 fully saturated rings. The zero-order valence-corrected chi connectivity index (χ0v) is 11.8. The molecule has 1 atom stereocenters. The Kier molecular flexibility index (Phi) is 3.93. The second-order valence-electron chi connectivity index (χ2n) is 4.17. The first-order valence-electron chi connectivity index (χ1n) is 5.77. The minimum atomic E-state index is 0.0688. The molecule has 0 aliphatic rings. The Morgan fingerprint density at radius 3 is 2.67 bits per heavy atom. The van der Waals surface area contributed by atoms with Crippen molar-refractivity contribution in [2.24, 2.45) is 0 Å². The van der Waals surface area contributed by atoms with Crippen LogP contribution in [-0.2, 0) is 0 Å². The molecule has 0 amide bonds. The van der Waals surface area contributed by atoms with Crippen molar-refractivity contribution in [1.29, 1.82) is 0 Å². The van der Waals surface area contributed by atoms with Crippen molar-refractivity contribution in [3.05, 3.63) is 39.9 Å². The smallest absolute Gasteiger partial charge is 0.127 e. The summed E-state index contributed by atoms with van der Waals surface area (Å²) in [6.07, 6.45) is 1.79. The number of nitrogens with zero attached hydrogens (tertiary/aromatic N) is 2. The van der Waals surface area contributed by atoms with E-state index in [0.717, 1.165) is 16.2 Å². The Balaban J connectivity index is 2.52. The first-order chi connectivity index (χ1) is 8.69. The van der Waals surface area contributed by atoms with Gasteiger partial charge < -0.3 is 10.1 Å². The molecule has 18 heavy (non-hydrogen) atoms. The Labute approximate surface area is 111 Å².